The van der Waals surface area contributed by atoms with Gasteiger partial charge in [-0.3, -0.25) is 4.79 Å². The number of rotatable bonds is 1. The molecule has 0 bridgehead atoms. The van der Waals surface area contributed by atoms with Crippen molar-refractivity contribution in [2.45, 2.75) is 33.1 Å². The molecular formula is C14H19NO. The van der Waals surface area contributed by atoms with Crippen LogP contribution in [0.1, 0.15) is 34.6 Å². The third-order valence-electron chi connectivity index (χ3n) is 3.38. The second-order valence-corrected chi connectivity index (χ2v) is 4.80. The first-order valence-electron chi connectivity index (χ1n) is 5.91. The molecule has 2 rings (SSSR count). The third-order valence-corrected chi connectivity index (χ3v) is 3.38. The van der Waals surface area contributed by atoms with Crippen molar-refractivity contribution >= 4 is 5.78 Å². The average Bonchev–Trinajstić information content (AvgIpc) is 2.19. The number of hydrogen-bond donors (Lipinski definition) is 1. The van der Waals surface area contributed by atoms with Crippen LogP contribution >= 0.6 is 0 Å². The fourth-order valence-corrected chi connectivity index (χ4v) is 2.79. The lowest BCUT2D eigenvalue weighted by molar-refractivity contribution is -0.120. The Morgan fingerprint density at radius 2 is 1.81 bits per heavy atom. The van der Waals surface area contributed by atoms with E-state index in [1.54, 1.807) is 0 Å². The number of piperidine rings is 1. The van der Waals surface area contributed by atoms with Crippen LogP contribution in [-0.4, -0.2) is 18.9 Å². The lowest BCUT2D eigenvalue weighted by Crippen LogP contribution is -2.36. The number of Topliss-reactive ketones (excluding diaryl/α,β-unsaturated/α-hetero) is 1. The summed E-state index contributed by atoms with van der Waals surface area (Å²) < 4.78 is 0. The van der Waals surface area contributed by atoms with Gasteiger partial charge in [0.25, 0.3) is 0 Å². The minimum Gasteiger partial charge on any atom is -0.310 e. The first-order chi connectivity index (χ1) is 7.59. The first kappa shape index (κ1) is 11.3. The van der Waals surface area contributed by atoms with Crippen molar-refractivity contribution in [3.63, 3.8) is 0 Å². The van der Waals surface area contributed by atoms with E-state index in [2.05, 4.69) is 38.2 Å². The minimum atomic E-state index is 0.113. The summed E-state index contributed by atoms with van der Waals surface area (Å²) in [5.74, 6) is 0.447. The number of carbonyl (C=O) groups is 1. The van der Waals surface area contributed by atoms with Crippen molar-refractivity contribution in [3.05, 3.63) is 34.4 Å². The third kappa shape index (κ3) is 2.03. The van der Waals surface area contributed by atoms with Crippen LogP contribution in [0.25, 0.3) is 0 Å². The summed E-state index contributed by atoms with van der Waals surface area (Å²) in [6.45, 7) is 7.81. The number of benzene rings is 1. The van der Waals surface area contributed by atoms with Gasteiger partial charge in [-0.1, -0.05) is 17.7 Å². The van der Waals surface area contributed by atoms with Gasteiger partial charge in [0.1, 0.15) is 0 Å². The van der Waals surface area contributed by atoms with Crippen LogP contribution < -0.4 is 5.32 Å². The molecule has 0 radical (unpaired) electrons. The molecular weight excluding hydrogens is 198 g/mol. The highest BCUT2D eigenvalue weighted by Gasteiger charge is 2.26. The second kappa shape index (κ2) is 4.38. The van der Waals surface area contributed by atoms with Crippen LogP contribution in [-0.2, 0) is 4.79 Å². The van der Waals surface area contributed by atoms with E-state index in [0.717, 1.165) is 13.0 Å². The maximum atomic E-state index is 11.9. The summed E-state index contributed by atoms with van der Waals surface area (Å²) in [7, 11) is 0. The normalized spacial score (nSPS) is 21.2. The van der Waals surface area contributed by atoms with Crippen molar-refractivity contribution in [1.82, 2.24) is 5.32 Å². The molecule has 1 heterocycles. The predicted octanol–water partition coefficient (Wildman–Crippen LogP) is 2.26. The fourth-order valence-electron chi connectivity index (χ4n) is 2.79. The SMILES string of the molecule is Cc1cc(C)c(C2CCNCC2=O)c(C)c1. The van der Waals surface area contributed by atoms with E-state index in [1.165, 1.54) is 22.3 Å². The highest BCUT2D eigenvalue weighted by atomic mass is 16.1. The van der Waals surface area contributed by atoms with Gasteiger partial charge in [0, 0.05) is 5.92 Å². The van der Waals surface area contributed by atoms with Gasteiger partial charge in [0.2, 0.25) is 0 Å². The average molecular weight is 217 g/mol. The topological polar surface area (TPSA) is 29.1 Å². The van der Waals surface area contributed by atoms with Gasteiger partial charge in [-0.25, -0.2) is 0 Å². The standard InChI is InChI=1S/C14H19NO/c1-9-6-10(2)14(11(3)7-9)12-4-5-15-8-13(12)16/h6-7,12,15H,4-5,8H2,1-3H3. The van der Waals surface area contributed by atoms with E-state index in [0.29, 0.717) is 12.3 Å². The van der Waals surface area contributed by atoms with Crippen molar-refractivity contribution < 1.29 is 4.79 Å². The molecule has 1 aliphatic rings. The largest absolute Gasteiger partial charge is 0.310 e. The van der Waals surface area contributed by atoms with Gasteiger partial charge in [-0.15, -0.1) is 0 Å². The summed E-state index contributed by atoms with van der Waals surface area (Å²) in [5.41, 5.74) is 5.06. The van der Waals surface area contributed by atoms with Gasteiger partial charge in [-0.2, -0.15) is 0 Å². The Bertz CT molecular complexity index is 400. The Kier molecular flexibility index (Phi) is 3.10. The summed E-state index contributed by atoms with van der Waals surface area (Å²) in [6.07, 6.45) is 0.934. The molecule has 1 aromatic rings. The molecule has 0 saturated carbocycles. The zero-order valence-corrected chi connectivity index (χ0v) is 10.3. The van der Waals surface area contributed by atoms with Crippen LogP contribution in [0, 0.1) is 20.8 Å². The first-order valence-corrected chi connectivity index (χ1v) is 5.91. The van der Waals surface area contributed by atoms with Gasteiger partial charge in [-0.05, 0) is 50.4 Å². The van der Waals surface area contributed by atoms with Gasteiger partial charge in [0.05, 0.1) is 6.54 Å². The summed E-state index contributed by atoms with van der Waals surface area (Å²) >= 11 is 0. The molecule has 1 aromatic carbocycles. The molecule has 1 saturated heterocycles. The number of aryl methyl sites for hydroxylation is 3. The molecule has 1 unspecified atom stereocenters. The minimum absolute atomic E-state index is 0.113. The van der Waals surface area contributed by atoms with E-state index in [1.807, 2.05) is 0 Å². The molecule has 0 spiro atoms. The Morgan fingerprint density at radius 1 is 1.19 bits per heavy atom. The Balaban J connectivity index is 2.42. The lowest BCUT2D eigenvalue weighted by Gasteiger charge is -2.25. The molecule has 0 aromatic heterocycles. The quantitative estimate of drug-likeness (QED) is 0.781. The van der Waals surface area contributed by atoms with E-state index >= 15 is 0 Å². The molecule has 0 aliphatic carbocycles. The Labute approximate surface area is 97.1 Å². The molecule has 1 fully saturated rings. The van der Waals surface area contributed by atoms with Crippen LogP contribution in [0.5, 0.6) is 0 Å². The molecule has 1 atom stereocenters. The zero-order chi connectivity index (χ0) is 11.7. The maximum Gasteiger partial charge on any atom is 0.154 e. The maximum absolute atomic E-state index is 11.9. The van der Waals surface area contributed by atoms with Crippen molar-refractivity contribution in [2.24, 2.45) is 0 Å². The molecule has 2 nitrogen and oxygen atoms in total. The molecule has 0 amide bonds. The fraction of sp³-hybridized carbons (Fsp3) is 0.500. The Hall–Kier alpha value is -1.15. The van der Waals surface area contributed by atoms with E-state index < -0.39 is 0 Å². The highest BCUT2D eigenvalue weighted by molar-refractivity contribution is 5.88. The van der Waals surface area contributed by atoms with E-state index in [9.17, 15) is 4.79 Å². The van der Waals surface area contributed by atoms with Crippen LogP contribution in [0.15, 0.2) is 12.1 Å². The summed E-state index contributed by atoms with van der Waals surface area (Å²) in [4.78, 5) is 11.9. The highest BCUT2D eigenvalue weighted by Crippen LogP contribution is 2.29. The van der Waals surface area contributed by atoms with Crippen molar-refractivity contribution in [1.29, 1.82) is 0 Å². The predicted molar refractivity (Wildman–Crippen MR) is 65.9 cm³/mol. The van der Waals surface area contributed by atoms with Gasteiger partial charge >= 0.3 is 0 Å². The molecule has 16 heavy (non-hydrogen) atoms. The number of carbonyl (C=O) groups excluding carboxylic acids is 1. The lowest BCUT2D eigenvalue weighted by atomic mass is 9.83. The zero-order valence-electron chi connectivity index (χ0n) is 10.3. The second-order valence-electron chi connectivity index (χ2n) is 4.80. The number of hydrogen-bond acceptors (Lipinski definition) is 2. The molecule has 86 valence electrons. The molecule has 2 heteroatoms. The monoisotopic (exact) mass is 217 g/mol. The van der Waals surface area contributed by atoms with E-state index in [-0.39, 0.29) is 5.92 Å². The summed E-state index contributed by atoms with van der Waals surface area (Å²) in [5, 5.41) is 3.14. The van der Waals surface area contributed by atoms with Gasteiger partial charge < -0.3 is 5.32 Å². The van der Waals surface area contributed by atoms with E-state index in [4.69, 9.17) is 0 Å². The summed E-state index contributed by atoms with van der Waals surface area (Å²) in [6, 6.07) is 4.36. The van der Waals surface area contributed by atoms with Crippen LogP contribution in [0.2, 0.25) is 0 Å². The Morgan fingerprint density at radius 3 is 2.38 bits per heavy atom. The number of nitrogens with one attached hydrogen (secondary N) is 1. The molecule has 1 N–H and O–H groups in total. The van der Waals surface area contributed by atoms with Crippen LogP contribution in [0.4, 0.5) is 0 Å². The smallest absolute Gasteiger partial charge is 0.154 e. The van der Waals surface area contributed by atoms with Crippen LogP contribution in [0.3, 0.4) is 0 Å². The van der Waals surface area contributed by atoms with Crippen molar-refractivity contribution in [3.8, 4) is 0 Å². The van der Waals surface area contributed by atoms with Crippen molar-refractivity contribution in [2.75, 3.05) is 13.1 Å². The number of ketones is 1. The molecule has 1 aliphatic heterocycles. The van der Waals surface area contributed by atoms with Gasteiger partial charge in [0.15, 0.2) is 5.78 Å².